The van der Waals surface area contributed by atoms with Crippen LogP contribution in [0.3, 0.4) is 0 Å². The summed E-state index contributed by atoms with van der Waals surface area (Å²) in [6.07, 6.45) is 4.15. The highest BCUT2D eigenvalue weighted by Gasteiger charge is 2.29. The molecule has 0 saturated heterocycles. The summed E-state index contributed by atoms with van der Waals surface area (Å²) in [7, 11) is -1.41. The Morgan fingerprint density at radius 2 is 2.00 bits per heavy atom. The Kier molecular flexibility index (Phi) is 3.92. The lowest BCUT2D eigenvalue weighted by Crippen LogP contribution is -2.31. The van der Waals surface area contributed by atoms with Crippen LogP contribution in [0.5, 0.6) is 0 Å². The van der Waals surface area contributed by atoms with Gasteiger partial charge in [-0.15, -0.1) is 0 Å². The van der Waals surface area contributed by atoms with Crippen molar-refractivity contribution in [3.05, 3.63) is 54.0 Å². The van der Waals surface area contributed by atoms with Crippen molar-refractivity contribution in [1.29, 1.82) is 0 Å². The molecular weight excluding hydrogens is 253 g/mol. The van der Waals surface area contributed by atoms with Gasteiger partial charge < -0.3 is 14.5 Å². The molecule has 2 aromatic rings. The lowest BCUT2D eigenvalue weighted by molar-refractivity contribution is 0.225. The maximum atomic E-state index is 9.24. The molecule has 2 N–H and O–H groups in total. The Balaban J connectivity index is 1.71. The Labute approximate surface area is 118 Å². The van der Waals surface area contributed by atoms with Crippen molar-refractivity contribution in [2.24, 2.45) is 0 Å². The van der Waals surface area contributed by atoms with Crippen molar-refractivity contribution in [1.82, 2.24) is 4.90 Å². The van der Waals surface area contributed by atoms with Gasteiger partial charge in [0.05, 0.1) is 12.8 Å². The molecule has 0 radical (unpaired) electrons. The zero-order chi connectivity index (χ0) is 13.9. The predicted octanol–water partition coefficient (Wildman–Crippen LogP) is 1.12. The molecule has 1 heterocycles. The summed E-state index contributed by atoms with van der Waals surface area (Å²) in [5.74, 6) is 0.968. The highest BCUT2D eigenvalue weighted by atomic mass is 16.4. The maximum Gasteiger partial charge on any atom is 0.488 e. The van der Waals surface area contributed by atoms with Gasteiger partial charge >= 0.3 is 7.12 Å². The first-order valence-corrected chi connectivity index (χ1v) is 6.94. The fraction of sp³-hybridized carbons (Fsp3) is 0.333. The van der Waals surface area contributed by atoms with Crippen LogP contribution in [0.2, 0.25) is 0 Å². The zero-order valence-electron chi connectivity index (χ0n) is 11.3. The molecule has 4 nitrogen and oxygen atoms in total. The van der Waals surface area contributed by atoms with Gasteiger partial charge in [0.15, 0.2) is 0 Å². The van der Waals surface area contributed by atoms with Crippen LogP contribution in [0.25, 0.3) is 0 Å². The molecule has 1 fully saturated rings. The topological polar surface area (TPSA) is 56.8 Å². The fourth-order valence-corrected chi connectivity index (χ4v) is 2.44. The predicted molar refractivity (Wildman–Crippen MR) is 77.2 cm³/mol. The monoisotopic (exact) mass is 271 g/mol. The standard InChI is InChI=1S/C15H18BNO3/c18-16(19)13-4-1-3-12(9-13)10-17(14-6-7-14)11-15-5-2-8-20-15/h1-5,8-9,14,18-19H,6-7,10-11H2. The third-order valence-electron chi connectivity index (χ3n) is 3.64. The first-order valence-electron chi connectivity index (χ1n) is 6.94. The van der Waals surface area contributed by atoms with Gasteiger partial charge in [-0.3, -0.25) is 4.90 Å². The number of benzene rings is 1. The van der Waals surface area contributed by atoms with Gasteiger partial charge in [0, 0.05) is 12.6 Å². The highest BCUT2D eigenvalue weighted by molar-refractivity contribution is 6.58. The van der Waals surface area contributed by atoms with Crippen LogP contribution >= 0.6 is 0 Å². The van der Waals surface area contributed by atoms with E-state index in [0.29, 0.717) is 11.5 Å². The van der Waals surface area contributed by atoms with Crippen molar-refractivity contribution in [3.8, 4) is 0 Å². The molecule has 1 aromatic carbocycles. The van der Waals surface area contributed by atoms with E-state index in [1.54, 1.807) is 12.3 Å². The Hall–Kier alpha value is -1.56. The second-order valence-electron chi connectivity index (χ2n) is 5.33. The first-order chi connectivity index (χ1) is 9.72. The molecule has 1 aliphatic rings. The van der Waals surface area contributed by atoms with E-state index in [1.165, 1.54) is 12.8 Å². The molecule has 20 heavy (non-hydrogen) atoms. The third kappa shape index (κ3) is 3.31. The SMILES string of the molecule is OB(O)c1cccc(CN(Cc2ccco2)C2CC2)c1. The minimum absolute atomic E-state index is 0.538. The second kappa shape index (κ2) is 5.83. The molecule has 1 aromatic heterocycles. The molecule has 1 aliphatic carbocycles. The Morgan fingerprint density at radius 1 is 1.15 bits per heavy atom. The van der Waals surface area contributed by atoms with E-state index in [4.69, 9.17) is 4.42 Å². The van der Waals surface area contributed by atoms with Crippen molar-refractivity contribution < 1.29 is 14.5 Å². The smallest absolute Gasteiger partial charge is 0.468 e. The number of hydrogen-bond acceptors (Lipinski definition) is 4. The summed E-state index contributed by atoms with van der Waals surface area (Å²) in [6.45, 7) is 1.59. The van der Waals surface area contributed by atoms with Crippen LogP contribution in [0.4, 0.5) is 0 Å². The van der Waals surface area contributed by atoms with Crippen LogP contribution in [0, 0.1) is 0 Å². The van der Waals surface area contributed by atoms with Gasteiger partial charge in [-0.2, -0.15) is 0 Å². The maximum absolute atomic E-state index is 9.24. The first kappa shape index (κ1) is 13.4. The van der Waals surface area contributed by atoms with Crippen molar-refractivity contribution in [2.75, 3.05) is 0 Å². The summed E-state index contributed by atoms with van der Waals surface area (Å²) in [6, 6.07) is 12.0. The lowest BCUT2D eigenvalue weighted by Gasteiger charge is -2.21. The van der Waals surface area contributed by atoms with Crippen LogP contribution in [-0.2, 0) is 13.1 Å². The van der Waals surface area contributed by atoms with E-state index >= 15 is 0 Å². The zero-order valence-corrected chi connectivity index (χ0v) is 11.3. The molecule has 0 amide bonds. The number of rotatable bonds is 6. The molecule has 104 valence electrons. The van der Waals surface area contributed by atoms with Gasteiger partial charge in [-0.25, -0.2) is 0 Å². The molecule has 0 spiro atoms. The number of furan rings is 1. The van der Waals surface area contributed by atoms with Crippen LogP contribution in [0.15, 0.2) is 47.1 Å². The van der Waals surface area contributed by atoms with Gasteiger partial charge in [-0.05, 0) is 36.0 Å². The summed E-state index contributed by atoms with van der Waals surface area (Å²) in [5, 5.41) is 18.5. The van der Waals surface area contributed by atoms with Gasteiger partial charge in [0.2, 0.25) is 0 Å². The third-order valence-corrected chi connectivity index (χ3v) is 3.64. The summed E-state index contributed by atoms with van der Waals surface area (Å²) < 4.78 is 5.42. The molecule has 0 aliphatic heterocycles. The average Bonchev–Trinajstić information content (AvgIpc) is 3.17. The molecule has 0 atom stereocenters. The van der Waals surface area contributed by atoms with Gasteiger partial charge in [0.25, 0.3) is 0 Å². The summed E-state index contributed by atoms with van der Waals surface area (Å²) in [5.41, 5.74) is 1.63. The van der Waals surface area contributed by atoms with Gasteiger partial charge in [0.1, 0.15) is 5.76 Å². The van der Waals surface area contributed by atoms with E-state index in [2.05, 4.69) is 4.90 Å². The van der Waals surface area contributed by atoms with Crippen molar-refractivity contribution >= 4 is 12.6 Å². The van der Waals surface area contributed by atoms with E-state index in [1.807, 2.05) is 30.3 Å². The minimum Gasteiger partial charge on any atom is -0.468 e. The molecule has 5 heteroatoms. The Bertz CT molecular complexity index is 552. The summed E-state index contributed by atoms with van der Waals surface area (Å²) >= 11 is 0. The quantitative estimate of drug-likeness (QED) is 0.773. The minimum atomic E-state index is -1.41. The van der Waals surface area contributed by atoms with Crippen LogP contribution in [-0.4, -0.2) is 28.1 Å². The van der Waals surface area contributed by atoms with E-state index < -0.39 is 7.12 Å². The highest BCUT2D eigenvalue weighted by Crippen LogP contribution is 2.29. The van der Waals surface area contributed by atoms with Crippen molar-refractivity contribution in [3.63, 3.8) is 0 Å². The van der Waals surface area contributed by atoms with E-state index in [-0.39, 0.29) is 0 Å². The normalized spacial score (nSPS) is 14.8. The molecule has 0 bridgehead atoms. The largest absolute Gasteiger partial charge is 0.488 e. The van der Waals surface area contributed by atoms with E-state index in [9.17, 15) is 10.0 Å². The van der Waals surface area contributed by atoms with Crippen molar-refractivity contribution in [2.45, 2.75) is 32.0 Å². The molecule has 0 unspecified atom stereocenters. The van der Waals surface area contributed by atoms with Gasteiger partial charge in [-0.1, -0.05) is 24.3 Å². The second-order valence-corrected chi connectivity index (χ2v) is 5.33. The fourth-order valence-electron chi connectivity index (χ4n) is 2.44. The molecule has 3 rings (SSSR count). The molecular formula is C15H18BNO3. The number of hydrogen-bond donors (Lipinski definition) is 2. The Morgan fingerprint density at radius 3 is 2.65 bits per heavy atom. The van der Waals surface area contributed by atoms with E-state index in [0.717, 1.165) is 24.4 Å². The summed E-state index contributed by atoms with van der Waals surface area (Å²) in [4.78, 5) is 2.38. The van der Waals surface area contributed by atoms with Crippen LogP contribution in [0.1, 0.15) is 24.2 Å². The molecule has 1 saturated carbocycles. The van der Waals surface area contributed by atoms with Crippen LogP contribution < -0.4 is 5.46 Å². The number of nitrogens with zero attached hydrogens (tertiary/aromatic N) is 1. The lowest BCUT2D eigenvalue weighted by atomic mass is 9.79. The average molecular weight is 271 g/mol.